The van der Waals surface area contributed by atoms with E-state index in [0.29, 0.717) is 5.69 Å². The van der Waals surface area contributed by atoms with Gasteiger partial charge in [-0.25, -0.2) is 0 Å². The van der Waals surface area contributed by atoms with Crippen molar-refractivity contribution in [3.05, 3.63) is 69.8 Å². The molecule has 0 saturated carbocycles. The van der Waals surface area contributed by atoms with Gasteiger partial charge < -0.3 is 0 Å². The van der Waals surface area contributed by atoms with Crippen molar-refractivity contribution in [3.8, 4) is 0 Å². The van der Waals surface area contributed by atoms with Gasteiger partial charge in [0.1, 0.15) is 0 Å². The summed E-state index contributed by atoms with van der Waals surface area (Å²) in [5.41, 5.74) is 2.75. The Morgan fingerprint density at radius 3 is 2.67 bits per heavy atom. The zero-order valence-corrected chi connectivity index (χ0v) is 9.91. The van der Waals surface area contributed by atoms with Crippen LogP contribution >= 0.6 is 0 Å². The highest BCUT2D eigenvalue weighted by Gasteiger charge is 2.04. The lowest BCUT2D eigenvalue weighted by molar-refractivity contribution is -0.384. The number of hydrogen-bond acceptors (Lipinski definition) is 3. The second-order valence-electron chi connectivity index (χ2n) is 3.95. The van der Waals surface area contributed by atoms with E-state index >= 15 is 0 Å². The molecule has 0 N–H and O–H groups in total. The summed E-state index contributed by atoms with van der Waals surface area (Å²) in [5.74, 6) is 0. The minimum Gasteiger partial charge on any atom is -0.258 e. The summed E-state index contributed by atoms with van der Waals surface area (Å²) in [4.78, 5) is 14.4. The van der Waals surface area contributed by atoms with Crippen molar-refractivity contribution >= 4 is 17.6 Å². The summed E-state index contributed by atoms with van der Waals surface area (Å²) < 4.78 is 0. The largest absolute Gasteiger partial charge is 0.271 e. The quantitative estimate of drug-likeness (QED) is 0.467. The van der Waals surface area contributed by atoms with Gasteiger partial charge in [-0.15, -0.1) is 0 Å². The number of nitrogens with zero attached hydrogens (tertiary/aromatic N) is 2. The number of aliphatic imine (C=N–C) groups is 1. The van der Waals surface area contributed by atoms with Crippen LogP contribution in [-0.4, -0.2) is 11.1 Å². The van der Waals surface area contributed by atoms with E-state index < -0.39 is 4.92 Å². The monoisotopic (exact) mass is 240 g/mol. The van der Waals surface area contributed by atoms with Crippen LogP contribution in [-0.2, 0) is 0 Å². The third kappa shape index (κ3) is 3.01. The summed E-state index contributed by atoms with van der Waals surface area (Å²) in [5, 5.41) is 10.6. The van der Waals surface area contributed by atoms with E-state index in [4.69, 9.17) is 0 Å². The number of benzene rings is 2. The first-order valence-corrected chi connectivity index (χ1v) is 5.50. The van der Waals surface area contributed by atoms with Crippen LogP contribution in [0.2, 0.25) is 0 Å². The molecule has 0 atom stereocenters. The van der Waals surface area contributed by atoms with Crippen LogP contribution in [0.5, 0.6) is 0 Å². The van der Waals surface area contributed by atoms with E-state index in [1.165, 1.54) is 12.1 Å². The minimum absolute atomic E-state index is 0.0499. The average Bonchev–Trinajstić information content (AvgIpc) is 2.37. The summed E-state index contributed by atoms with van der Waals surface area (Å²) in [7, 11) is 0. The number of nitro groups is 1. The smallest absolute Gasteiger partial charge is 0.258 e. The lowest BCUT2D eigenvalue weighted by atomic mass is 10.1. The second-order valence-corrected chi connectivity index (χ2v) is 3.95. The van der Waals surface area contributed by atoms with Gasteiger partial charge in [-0.05, 0) is 18.6 Å². The zero-order chi connectivity index (χ0) is 13.0. The fourth-order valence-corrected chi connectivity index (χ4v) is 1.59. The highest BCUT2D eigenvalue weighted by atomic mass is 16.6. The SMILES string of the molecule is Cc1cccc(C=Nc2cccc([N+](=O)[O-])c2)c1. The second kappa shape index (κ2) is 5.23. The molecule has 0 aliphatic rings. The third-order valence-electron chi connectivity index (χ3n) is 2.45. The van der Waals surface area contributed by atoms with Crippen molar-refractivity contribution in [3.63, 3.8) is 0 Å². The minimum atomic E-state index is -0.425. The Morgan fingerprint density at radius 1 is 1.17 bits per heavy atom. The van der Waals surface area contributed by atoms with E-state index in [2.05, 4.69) is 4.99 Å². The molecule has 0 unspecified atom stereocenters. The lowest BCUT2D eigenvalue weighted by Gasteiger charge is -1.96. The molecule has 0 radical (unpaired) electrons. The van der Waals surface area contributed by atoms with Crippen LogP contribution in [0, 0.1) is 17.0 Å². The van der Waals surface area contributed by atoms with Crippen LogP contribution < -0.4 is 0 Å². The van der Waals surface area contributed by atoms with E-state index in [1.807, 2.05) is 31.2 Å². The van der Waals surface area contributed by atoms with Crippen LogP contribution in [0.1, 0.15) is 11.1 Å². The number of rotatable bonds is 3. The number of nitro benzene ring substituents is 1. The molecular weight excluding hydrogens is 228 g/mol. The van der Waals surface area contributed by atoms with E-state index in [-0.39, 0.29) is 5.69 Å². The molecule has 4 heteroatoms. The number of aryl methyl sites for hydroxylation is 1. The van der Waals surface area contributed by atoms with Gasteiger partial charge in [0.15, 0.2) is 0 Å². The summed E-state index contributed by atoms with van der Waals surface area (Å²) in [6.45, 7) is 2.00. The fourth-order valence-electron chi connectivity index (χ4n) is 1.59. The maximum atomic E-state index is 10.6. The molecule has 0 spiro atoms. The molecular formula is C14H12N2O2. The maximum absolute atomic E-state index is 10.6. The van der Waals surface area contributed by atoms with Gasteiger partial charge in [0.2, 0.25) is 0 Å². The van der Waals surface area contributed by atoms with Gasteiger partial charge in [-0.3, -0.25) is 15.1 Å². The van der Waals surface area contributed by atoms with Gasteiger partial charge >= 0.3 is 0 Å². The molecule has 2 rings (SSSR count). The molecule has 0 heterocycles. The van der Waals surface area contributed by atoms with Crippen molar-refractivity contribution in [1.82, 2.24) is 0 Å². The topological polar surface area (TPSA) is 55.5 Å². The van der Waals surface area contributed by atoms with E-state index in [9.17, 15) is 10.1 Å². The van der Waals surface area contributed by atoms with Crippen molar-refractivity contribution in [2.24, 2.45) is 4.99 Å². The van der Waals surface area contributed by atoms with E-state index in [1.54, 1.807) is 18.3 Å². The first-order valence-electron chi connectivity index (χ1n) is 5.50. The molecule has 18 heavy (non-hydrogen) atoms. The van der Waals surface area contributed by atoms with Crippen molar-refractivity contribution < 1.29 is 4.92 Å². The molecule has 0 saturated heterocycles. The molecule has 90 valence electrons. The number of non-ortho nitro benzene ring substituents is 1. The van der Waals surface area contributed by atoms with Crippen molar-refractivity contribution in [2.75, 3.05) is 0 Å². The Balaban J connectivity index is 2.23. The predicted octanol–water partition coefficient (Wildman–Crippen LogP) is 3.65. The molecule has 4 nitrogen and oxygen atoms in total. The van der Waals surface area contributed by atoms with Crippen LogP contribution in [0.25, 0.3) is 0 Å². The molecule has 0 aliphatic heterocycles. The Labute approximate surface area is 105 Å². The van der Waals surface area contributed by atoms with Gasteiger partial charge in [-0.2, -0.15) is 0 Å². The van der Waals surface area contributed by atoms with Gasteiger partial charge in [0.05, 0.1) is 10.6 Å². The van der Waals surface area contributed by atoms with E-state index in [0.717, 1.165) is 11.1 Å². The molecule has 0 bridgehead atoms. The predicted molar refractivity (Wildman–Crippen MR) is 71.5 cm³/mol. The Bertz CT molecular complexity index is 606. The van der Waals surface area contributed by atoms with Gasteiger partial charge in [0.25, 0.3) is 5.69 Å². The van der Waals surface area contributed by atoms with Crippen LogP contribution in [0.15, 0.2) is 53.5 Å². The highest BCUT2D eigenvalue weighted by molar-refractivity contribution is 5.82. The van der Waals surface area contributed by atoms with Gasteiger partial charge in [0, 0.05) is 18.3 Å². The first kappa shape index (κ1) is 12.0. The molecule has 0 aromatic heterocycles. The lowest BCUT2D eigenvalue weighted by Crippen LogP contribution is -1.86. The average molecular weight is 240 g/mol. The normalized spacial score (nSPS) is 10.7. The third-order valence-corrected chi connectivity index (χ3v) is 2.45. The van der Waals surface area contributed by atoms with Crippen LogP contribution in [0.3, 0.4) is 0 Å². The molecule has 2 aromatic carbocycles. The molecule has 0 aliphatic carbocycles. The zero-order valence-electron chi connectivity index (χ0n) is 9.91. The number of hydrogen-bond donors (Lipinski definition) is 0. The van der Waals surface area contributed by atoms with Crippen LogP contribution in [0.4, 0.5) is 11.4 Å². The summed E-state index contributed by atoms with van der Waals surface area (Å²) >= 11 is 0. The Morgan fingerprint density at radius 2 is 1.94 bits per heavy atom. The first-order chi connectivity index (χ1) is 8.65. The summed E-state index contributed by atoms with van der Waals surface area (Å²) in [6, 6.07) is 14.2. The Kier molecular flexibility index (Phi) is 3.48. The Hall–Kier alpha value is -2.49. The molecule has 2 aromatic rings. The van der Waals surface area contributed by atoms with Gasteiger partial charge in [-0.1, -0.05) is 35.9 Å². The van der Waals surface area contributed by atoms with Crippen molar-refractivity contribution in [2.45, 2.75) is 6.92 Å². The van der Waals surface area contributed by atoms with Crippen molar-refractivity contribution in [1.29, 1.82) is 0 Å². The fraction of sp³-hybridized carbons (Fsp3) is 0.0714. The standard InChI is InChI=1S/C14H12N2O2/c1-11-4-2-5-12(8-11)10-15-13-6-3-7-14(9-13)16(17)18/h2-10H,1H3. The summed E-state index contributed by atoms with van der Waals surface area (Å²) in [6.07, 6.45) is 1.70. The molecule has 0 fully saturated rings. The highest BCUT2D eigenvalue weighted by Crippen LogP contribution is 2.19. The maximum Gasteiger partial charge on any atom is 0.271 e. The molecule has 0 amide bonds.